The van der Waals surface area contributed by atoms with Crippen molar-refractivity contribution < 1.29 is 31.8 Å². The second kappa shape index (κ2) is 11.2. The minimum absolute atomic E-state index is 0.0190. The molecule has 11 heteroatoms. The minimum atomic E-state index is -3.92. The molecule has 0 radical (unpaired) electrons. The van der Waals surface area contributed by atoms with Crippen LogP contribution in [0.5, 0.6) is 0 Å². The number of aliphatic hydroxyl groups excluding tert-OH is 1. The largest absolute Gasteiger partial charge is 0.394 e. The van der Waals surface area contributed by atoms with E-state index < -0.39 is 45.9 Å². The van der Waals surface area contributed by atoms with E-state index in [-0.39, 0.29) is 49.7 Å². The maximum atomic E-state index is 14.0. The number of ether oxygens (including phenoxy) is 1. The first-order chi connectivity index (χ1) is 16.2. The molecule has 1 saturated heterocycles. The van der Waals surface area contributed by atoms with E-state index in [1.165, 1.54) is 4.31 Å². The first-order valence-corrected chi connectivity index (χ1v) is 14.6. The van der Waals surface area contributed by atoms with Crippen LogP contribution in [0.25, 0.3) is 0 Å². The zero-order chi connectivity index (χ0) is 24.5. The van der Waals surface area contributed by atoms with E-state index in [4.69, 9.17) is 16.3 Å². The number of nitrogens with one attached hydrogen (secondary N) is 1. The van der Waals surface area contributed by atoms with Gasteiger partial charge in [-0.05, 0) is 70.1 Å². The van der Waals surface area contributed by atoms with Crippen molar-refractivity contribution in [3.8, 4) is 0 Å². The lowest BCUT2D eigenvalue weighted by Gasteiger charge is -2.48. The molecule has 4 rings (SSSR count). The Bertz CT molecular complexity index is 813. The molecule has 4 fully saturated rings. The highest BCUT2D eigenvalue weighted by atomic mass is 35.5. The number of nitrogens with zero attached hydrogens (tertiary/aromatic N) is 1. The summed E-state index contributed by atoms with van der Waals surface area (Å²) < 4.78 is 62.1. The zero-order valence-electron chi connectivity index (χ0n) is 19.5. The summed E-state index contributed by atoms with van der Waals surface area (Å²) in [6.45, 7) is -0.336. The number of hydrogen-bond donors (Lipinski definition) is 2. The quantitative estimate of drug-likeness (QED) is 0.519. The van der Waals surface area contributed by atoms with E-state index in [9.17, 15) is 27.1 Å². The van der Waals surface area contributed by atoms with Crippen LogP contribution < -0.4 is 5.32 Å². The average Bonchev–Trinajstić information content (AvgIpc) is 2.81. The van der Waals surface area contributed by atoms with Crippen molar-refractivity contribution in [2.24, 2.45) is 5.92 Å². The number of aliphatic hydroxyl groups is 1. The lowest BCUT2D eigenvalue weighted by Crippen LogP contribution is -2.63. The molecule has 7 nitrogen and oxygen atoms in total. The van der Waals surface area contributed by atoms with Gasteiger partial charge in [-0.3, -0.25) is 4.79 Å². The molecule has 4 aliphatic rings. The van der Waals surface area contributed by atoms with E-state index in [0.717, 1.165) is 25.7 Å². The van der Waals surface area contributed by atoms with Crippen molar-refractivity contribution in [3.05, 3.63) is 0 Å². The second-order valence-corrected chi connectivity index (χ2v) is 13.3. The van der Waals surface area contributed by atoms with E-state index >= 15 is 0 Å². The molecular formula is C23H37ClF2N2O5S. The molecule has 3 aliphatic carbocycles. The fourth-order valence-electron chi connectivity index (χ4n) is 6.11. The van der Waals surface area contributed by atoms with Gasteiger partial charge in [-0.25, -0.2) is 17.2 Å². The molecule has 196 valence electrons. The van der Waals surface area contributed by atoms with E-state index in [1.54, 1.807) is 0 Å². The molecule has 2 N–H and O–H groups in total. The van der Waals surface area contributed by atoms with Crippen LogP contribution in [0.15, 0.2) is 0 Å². The summed E-state index contributed by atoms with van der Waals surface area (Å²) in [4.78, 5) is 12.7. The lowest BCUT2D eigenvalue weighted by molar-refractivity contribution is -0.132. The standard InChI is InChI=1S/C23H37ClF2N2O5S/c24-15-3-1-14(2-4-15)9-23(30)27-16-5-8-22-21(10-16)28(12-17(13-29)33-22)34(31,32)18-6-7-19(25)20(26)11-18/h14-22,29H,1-13H2,(H,27,30)/t14?,15?,16?,17-,18?,19?,20?,21?,22?/m0/s1. The van der Waals surface area contributed by atoms with Gasteiger partial charge in [0.25, 0.3) is 0 Å². The summed E-state index contributed by atoms with van der Waals surface area (Å²) in [6, 6.07) is -0.680. The number of fused-ring (bicyclic) bond motifs is 1. The lowest BCUT2D eigenvalue weighted by atomic mass is 9.85. The zero-order valence-corrected chi connectivity index (χ0v) is 21.0. The Morgan fingerprint density at radius 2 is 1.76 bits per heavy atom. The van der Waals surface area contributed by atoms with E-state index in [0.29, 0.717) is 31.6 Å². The average molecular weight is 527 g/mol. The summed E-state index contributed by atoms with van der Waals surface area (Å²) in [5.74, 6) is 0.299. The van der Waals surface area contributed by atoms with Gasteiger partial charge in [0.1, 0.15) is 12.3 Å². The van der Waals surface area contributed by atoms with Gasteiger partial charge in [0, 0.05) is 24.4 Å². The Morgan fingerprint density at radius 1 is 1.03 bits per heavy atom. The molecule has 3 saturated carbocycles. The van der Waals surface area contributed by atoms with Crippen LogP contribution in [0.4, 0.5) is 8.78 Å². The van der Waals surface area contributed by atoms with Gasteiger partial charge in [0.15, 0.2) is 0 Å². The van der Waals surface area contributed by atoms with E-state index in [1.807, 2.05) is 0 Å². The van der Waals surface area contributed by atoms with Crippen molar-refractivity contribution in [2.75, 3.05) is 13.2 Å². The Labute approximate surface area is 206 Å². The van der Waals surface area contributed by atoms with E-state index in [2.05, 4.69) is 5.32 Å². The highest BCUT2D eigenvalue weighted by Gasteiger charge is 2.49. The van der Waals surface area contributed by atoms with Gasteiger partial charge in [-0.2, -0.15) is 4.31 Å². The van der Waals surface area contributed by atoms with Crippen LogP contribution in [0, 0.1) is 5.92 Å². The third-order valence-corrected chi connectivity index (χ3v) is 10.9. The fraction of sp³-hybridized carbons (Fsp3) is 0.957. The van der Waals surface area contributed by atoms with Gasteiger partial charge >= 0.3 is 0 Å². The molecule has 0 aromatic rings. The fourth-order valence-corrected chi connectivity index (χ4v) is 8.58. The molecule has 0 spiro atoms. The molecule has 1 heterocycles. The molecule has 0 bridgehead atoms. The molecule has 0 aromatic carbocycles. The third kappa shape index (κ3) is 6.05. The van der Waals surface area contributed by atoms with Crippen LogP contribution in [0.3, 0.4) is 0 Å². The summed E-state index contributed by atoms with van der Waals surface area (Å²) in [6.07, 6.45) is 0.941. The van der Waals surface area contributed by atoms with Gasteiger partial charge in [-0.1, -0.05) is 0 Å². The number of halogens is 3. The number of rotatable bonds is 6. The monoisotopic (exact) mass is 526 g/mol. The van der Waals surface area contributed by atoms with Crippen LogP contribution in [0.2, 0.25) is 0 Å². The highest BCUT2D eigenvalue weighted by molar-refractivity contribution is 7.89. The van der Waals surface area contributed by atoms with Crippen LogP contribution in [-0.4, -0.2) is 84.2 Å². The molecule has 7 atom stereocenters. The Hall–Kier alpha value is -0.550. The van der Waals surface area contributed by atoms with Crippen molar-refractivity contribution in [3.63, 3.8) is 0 Å². The molecule has 0 aromatic heterocycles. The molecule has 1 aliphatic heterocycles. The maximum absolute atomic E-state index is 14.0. The number of alkyl halides is 3. The van der Waals surface area contributed by atoms with Gasteiger partial charge < -0.3 is 15.2 Å². The first kappa shape index (κ1) is 26.5. The highest BCUT2D eigenvalue weighted by Crippen LogP contribution is 2.37. The number of morpholine rings is 1. The van der Waals surface area contributed by atoms with Crippen LogP contribution in [0.1, 0.15) is 70.6 Å². The Balaban J connectivity index is 1.41. The predicted molar refractivity (Wildman–Crippen MR) is 125 cm³/mol. The Kier molecular flexibility index (Phi) is 8.76. The SMILES string of the molecule is O=C(CC1CCC(Cl)CC1)NC1CCC2O[C@H](CO)CN(S(=O)(=O)C3CCC(F)C(F)C3)C2C1. The normalized spacial score (nSPS) is 42.1. The second-order valence-electron chi connectivity index (χ2n) is 10.5. The van der Waals surface area contributed by atoms with Crippen molar-refractivity contribution in [1.82, 2.24) is 9.62 Å². The van der Waals surface area contributed by atoms with Gasteiger partial charge in [0.05, 0.1) is 30.1 Å². The topological polar surface area (TPSA) is 95.9 Å². The van der Waals surface area contributed by atoms with Crippen LogP contribution in [-0.2, 0) is 19.6 Å². The maximum Gasteiger partial charge on any atom is 0.220 e. The number of amides is 1. The summed E-state index contributed by atoms with van der Waals surface area (Å²) in [5, 5.41) is 12.0. The number of hydrogen-bond acceptors (Lipinski definition) is 5. The smallest absolute Gasteiger partial charge is 0.220 e. The third-order valence-electron chi connectivity index (χ3n) is 8.09. The minimum Gasteiger partial charge on any atom is -0.394 e. The molecule has 1 amide bonds. The summed E-state index contributed by atoms with van der Waals surface area (Å²) in [7, 11) is -3.92. The summed E-state index contributed by atoms with van der Waals surface area (Å²) >= 11 is 6.16. The molecular weight excluding hydrogens is 490 g/mol. The summed E-state index contributed by atoms with van der Waals surface area (Å²) in [5.41, 5.74) is 0. The van der Waals surface area contributed by atoms with Crippen molar-refractivity contribution >= 4 is 27.5 Å². The number of sulfonamides is 1. The molecule has 34 heavy (non-hydrogen) atoms. The predicted octanol–water partition coefficient (Wildman–Crippen LogP) is 2.83. The first-order valence-electron chi connectivity index (χ1n) is 12.7. The number of carbonyl (C=O) groups excluding carboxylic acids is 1. The molecule has 6 unspecified atom stereocenters. The van der Waals surface area contributed by atoms with Gasteiger partial charge in [-0.15, -0.1) is 11.6 Å². The number of carbonyl (C=O) groups is 1. The van der Waals surface area contributed by atoms with Crippen LogP contribution >= 0.6 is 11.6 Å². The van der Waals surface area contributed by atoms with Crippen molar-refractivity contribution in [2.45, 2.75) is 118 Å². The van der Waals surface area contributed by atoms with Crippen molar-refractivity contribution in [1.29, 1.82) is 0 Å². The Morgan fingerprint density at radius 3 is 2.44 bits per heavy atom. The van der Waals surface area contributed by atoms with Gasteiger partial charge in [0.2, 0.25) is 15.9 Å².